The topological polar surface area (TPSA) is 30.0 Å². The summed E-state index contributed by atoms with van der Waals surface area (Å²) in [6, 6.07) is 4.72. The summed E-state index contributed by atoms with van der Waals surface area (Å²) in [4.78, 5) is 21.1. The number of rotatable bonds is 5. The number of hydrogen-bond donors (Lipinski definition) is 0. The number of nitrogens with zero attached hydrogens (tertiary/aromatic N) is 4. The van der Waals surface area contributed by atoms with Gasteiger partial charge in [0.2, 0.25) is 0 Å². The van der Waals surface area contributed by atoms with E-state index >= 15 is 0 Å². The van der Waals surface area contributed by atoms with Crippen molar-refractivity contribution >= 4 is 17.4 Å². The third-order valence-electron chi connectivity index (χ3n) is 5.16. The highest BCUT2D eigenvalue weighted by molar-refractivity contribution is 5.96. The van der Waals surface area contributed by atoms with Gasteiger partial charge in [-0.1, -0.05) is 6.92 Å². The molecule has 2 amide bonds. The Morgan fingerprint density at radius 3 is 2.60 bits per heavy atom. The zero-order valence-electron chi connectivity index (χ0n) is 15.4. The molecule has 138 valence electrons. The Hall–Kier alpha value is -1.82. The monoisotopic (exact) mass is 348 g/mol. The molecule has 25 heavy (non-hydrogen) atoms. The number of likely N-dealkylation sites (tertiary alicyclic amines) is 1. The van der Waals surface area contributed by atoms with Gasteiger partial charge in [-0.05, 0) is 50.6 Å². The Kier molecular flexibility index (Phi) is 5.78. The molecular weight excluding hydrogens is 319 g/mol. The Balaban J connectivity index is 1.71. The lowest BCUT2D eigenvalue weighted by molar-refractivity contribution is 0.206. The van der Waals surface area contributed by atoms with Gasteiger partial charge < -0.3 is 14.7 Å². The van der Waals surface area contributed by atoms with Gasteiger partial charge in [-0.15, -0.1) is 0 Å². The molecule has 0 radical (unpaired) electrons. The molecule has 6 heteroatoms. The fraction of sp³-hybridized carbons (Fsp3) is 0.632. The third-order valence-corrected chi connectivity index (χ3v) is 5.16. The van der Waals surface area contributed by atoms with Crippen LogP contribution in [0.1, 0.15) is 26.2 Å². The number of carbonyl (C=O) groups excluding carboxylic acids is 1. The number of urea groups is 1. The van der Waals surface area contributed by atoms with Gasteiger partial charge in [0, 0.05) is 39.8 Å². The summed E-state index contributed by atoms with van der Waals surface area (Å²) in [7, 11) is 1.84. The number of anilines is 2. The normalized spacial score (nSPS) is 17.7. The second-order valence-electron chi connectivity index (χ2n) is 7.02. The van der Waals surface area contributed by atoms with Crippen molar-refractivity contribution in [3.8, 4) is 0 Å². The van der Waals surface area contributed by atoms with Crippen molar-refractivity contribution in [3.63, 3.8) is 0 Å². The first kappa shape index (κ1) is 18.0. The highest BCUT2D eigenvalue weighted by Crippen LogP contribution is 2.34. The number of amides is 2. The molecule has 0 unspecified atom stereocenters. The van der Waals surface area contributed by atoms with Crippen LogP contribution in [0.2, 0.25) is 0 Å². The Morgan fingerprint density at radius 2 is 1.88 bits per heavy atom. The van der Waals surface area contributed by atoms with E-state index in [0.29, 0.717) is 18.8 Å². The highest BCUT2D eigenvalue weighted by Gasteiger charge is 2.29. The van der Waals surface area contributed by atoms with Crippen LogP contribution in [0.15, 0.2) is 18.2 Å². The molecule has 0 saturated carbocycles. The van der Waals surface area contributed by atoms with E-state index in [-0.39, 0.29) is 11.8 Å². The zero-order chi connectivity index (χ0) is 17.8. The van der Waals surface area contributed by atoms with Crippen LogP contribution in [-0.2, 0) is 0 Å². The summed E-state index contributed by atoms with van der Waals surface area (Å²) in [5.41, 5.74) is 1.65. The minimum absolute atomic E-state index is 0.0396. The van der Waals surface area contributed by atoms with Gasteiger partial charge in [0.1, 0.15) is 5.82 Å². The molecule has 1 fully saturated rings. The minimum Gasteiger partial charge on any atom is -0.368 e. The average Bonchev–Trinajstić information content (AvgIpc) is 3.13. The molecule has 1 aromatic carbocycles. The lowest BCUT2D eigenvalue weighted by atomic mass is 10.1. The van der Waals surface area contributed by atoms with Gasteiger partial charge in [-0.2, -0.15) is 0 Å². The standard InChI is InChI=1S/C19H29FN4O/c1-3-8-23-13-14-24(18-15-16(20)6-7-17(18)23)19(25)21(2)11-12-22-9-4-5-10-22/h6-7,15H,3-5,8-14H2,1-2H3. The van der Waals surface area contributed by atoms with Crippen LogP contribution < -0.4 is 9.80 Å². The van der Waals surface area contributed by atoms with Gasteiger partial charge in [0.05, 0.1) is 11.4 Å². The lowest BCUT2D eigenvalue weighted by Gasteiger charge is -2.39. The van der Waals surface area contributed by atoms with E-state index in [1.54, 1.807) is 15.9 Å². The Bertz CT molecular complexity index is 603. The van der Waals surface area contributed by atoms with Crippen molar-refractivity contribution in [2.75, 3.05) is 62.7 Å². The van der Waals surface area contributed by atoms with Crippen molar-refractivity contribution in [1.29, 1.82) is 0 Å². The van der Waals surface area contributed by atoms with Crippen LogP contribution >= 0.6 is 0 Å². The van der Waals surface area contributed by atoms with E-state index in [1.807, 2.05) is 7.05 Å². The van der Waals surface area contributed by atoms with Crippen LogP contribution in [0.5, 0.6) is 0 Å². The zero-order valence-corrected chi connectivity index (χ0v) is 15.4. The lowest BCUT2D eigenvalue weighted by Crippen LogP contribution is -2.50. The van der Waals surface area contributed by atoms with Crippen LogP contribution in [0.4, 0.5) is 20.6 Å². The van der Waals surface area contributed by atoms with Crippen molar-refractivity contribution in [1.82, 2.24) is 9.80 Å². The fourth-order valence-corrected chi connectivity index (χ4v) is 3.74. The van der Waals surface area contributed by atoms with Crippen LogP contribution in [-0.4, -0.2) is 68.7 Å². The first-order valence-electron chi connectivity index (χ1n) is 9.39. The maximum atomic E-state index is 13.8. The number of fused-ring (bicyclic) bond motifs is 1. The molecule has 1 saturated heterocycles. The number of carbonyl (C=O) groups is 1. The number of likely N-dealkylation sites (N-methyl/N-ethyl adjacent to an activating group) is 1. The Morgan fingerprint density at radius 1 is 1.12 bits per heavy atom. The Labute approximate surface area is 150 Å². The van der Waals surface area contributed by atoms with Crippen molar-refractivity contribution in [2.45, 2.75) is 26.2 Å². The molecule has 2 aliphatic rings. The molecule has 0 N–H and O–H groups in total. The van der Waals surface area contributed by atoms with Gasteiger partial charge >= 0.3 is 6.03 Å². The van der Waals surface area contributed by atoms with E-state index in [4.69, 9.17) is 0 Å². The highest BCUT2D eigenvalue weighted by atomic mass is 19.1. The SMILES string of the molecule is CCCN1CCN(C(=O)N(C)CCN2CCCC2)c2cc(F)ccc21. The van der Waals surface area contributed by atoms with Gasteiger partial charge in [-0.3, -0.25) is 4.90 Å². The molecule has 0 atom stereocenters. The van der Waals surface area contributed by atoms with Crippen molar-refractivity contribution in [3.05, 3.63) is 24.0 Å². The third kappa shape index (κ3) is 4.06. The summed E-state index contributed by atoms with van der Waals surface area (Å²) in [6.07, 6.45) is 3.54. The quantitative estimate of drug-likeness (QED) is 0.819. The number of hydrogen-bond acceptors (Lipinski definition) is 3. The molecule has 5 nitrogen and oxygen atoms in total. The molecular formula is C19H29FN4O. The molecule has 0 bridgehead atoms. The van der Waals surface area contributed by atoms with Crippen molar-refractivity contribution in [2.24, 2.45) is 0 Å². The van der Waals surface area contributed by atoms with Gasteiger partial charge in [0.25, 0.3) is 0 Å². The molecule has 0 aromatic heterocycles. The summed E-state index contributed by atoms with van der Waals surface area (Å²) in [6.45, 7) is 8.32. The molecule has 2 aliphatic heterocycles. The summed E-state index contributed by atoms with van der Waals surface area (Å²) in [5.74, 6) is -0.297. The van der Waals surface area contributed by atoms with Gasteiger partial charge in [0.15, 0.2) is 0 Å². The van der Waals surface area contributed by atoms with E-state index in [1.165, 1.54) is 25.0 Å². The number of benzene rings is 1. The summed E-state index contributed by atoms with van der Waals surface area (Å²) in [5, 5.41) is 0. The first-order chi connectivity index (χ1) is 12.1. The van der Waals surface area contributed by atoms with Crippen LogP contribution in [0.3, 0.4) is 0 Å². The molecule has 1 aromatic rings. The molecule has 3 rings (SSSR count). The van der Waals surface area contributed by atoms with E-state index < -0.39 is 0 Å². The second-order valence-corrected chi connectivity index (χ2v) is 7.02. The first-order valence-corrected chi connectivity index (χ1v) is 9.39. The second kappa shape index (κ2) is 8.04. The van der Waals surface area contributed by atoms with Crippen molar-refractivity contribution < 1.29 is 9.18 Å². The smallest absolute Gasteiger partial charge is 0.324 e. The predicted octanol–water partition coefficient (Wildman–Crippen LogP) is 3.01. The van der Waals surface area contributed by atoms with Crippen LogP contribution in [0, 0.1) is 5.82 Å². The fourth-order valence-electron chi connectivity index (χ4n) is 3.74. The van der Waals surface area contributed by atoms with E-state index in [2.05, 4.69) is 16.7 Å². The number of halogens is 1. The van der Waals surface area contributed by atoms with Gasteiger partial charge in [-0.25, -0.2) is 9.18 Å². The maximum Gasteiger partial charge on any atom is 0.324 e. The summed E-state index contributed by atoms with van der Waals surface area (Å²) < 4.78 is 13.8. The minimum atomic E-state index is -0.297. The molecule has 0 aliphatic carbocycles. The molecule has 0 spiro atoms. The summed E-state index contributed by atoms with van der Waals surface area (Å²) >= 11 is 0. The van der Waals surface area contributed by atoms with Crippen LogP contribution in [0.25, 0.3) is 0 Å². The predicted molar refractivity (Wildman–Crippen MR) is 100.0 cm³/mol. The van der Waals surface area contributed by atoms with E-state index in [0.717, 1.165) is 44.8 Å². The molecule has 2 heterocycles. The maximum absolute atomic E-state index is 13.8. The largest absolute Gasteiger partial charge is 0.368 e. The van der Waals surface area contributed by atoms with E-state index in [9.17, 15) is 9.18 Å². The average molecular weight is 348 g/mol.